The molecule has 0 bridgehead atoms. The summed E-state index contributed by atoms with van der Waals surface area (Å²) in [5, 5.41) is 8.99. The van der Waals surface area contributed by atoms with Crippen molar-refractivity contribution in [3.05, 3.63) is 53.9 Å². The van der Waals surface area contributed by atoms with Crippen LogP contribution in [0.5, 0.6) is 0 Å². The van der Waals surface area contributed by atoms with E-state index in [1.54, 1.807) is 12.3 Å². The maximum absolute atomic E-state index is 12.6. The molecule has 24 heavy (non-hydrogen) atoms. The molecule has 0 aliphatic carbocycles. The van der Waals surface area contributed by atoms with Gasteiger partial charge in [-0.3, -0.25) is 14.6 Å². The smallest absolute Gasteiger partial charge is 0.323 e. The number of rotatable bonds is 7. The second kappa shape index (κ2) is 8.21. The number of benzene rings is 1. The Bertz CT molecular complexity index is 730. The van der Waals surface area contributed by atoms with Crippen molar-refractivity contribution in [3.63, 3.8) is 0 Å². The minimum absolute atomic E-state index is 0.205. The van der Waals surface area contributed by atoms with Gasteiger partial charge in [0.2, 0.25) is 0 Å². The highest BCUT2D eigenvalue weighted by Crippen LogP contribution is 2.21. The minimum atomic E-state index is -1.07. The molecule has 1 aromatic heterocycles. The molecule has 0 saturated carbocycles. The number of carboxylic acids is 1. The minimum Gasteiger partial charge on any atom is -0.480 e. The largest absolute Gasteiger partial charge is 0.480 e. The third-order valence-electron chi connectivity index (χ3n) is 3.52. The molecule has 2 aromatic rings. The zero-order valence-electron chi connectivity index (χ0n) is 13.7. The molecule has 0 saturated heterocycles. The summed E-state index contributed by atoms with van der Waals surface area (Å²) in [7, 11) is 1.50. The molecule has 0 radical (unpaired) electrons. The number of ether oxygens (including phenoxy) is 1. The molecule has 1 heterocycles. The first-order valence-electron chi connectivity index (χ1n) is 7.53. The number of nitrogens with zero attached hydrogens (tertiary/aromatic N) is 2. The normalized spacial score (nSPS) is 10.4. The van der Waals surface area contributed by atoms with E-state index in [1.165, 1.54) is 18.2 Å². The lowest BCUT2D eigenvalue weighted by molar-refractivity contribution is -0.137. The first kappa shape index (κ1) is 17.6. The third kappa shape index (κ3) is 4.63. The number of aryl methyl sites for hydroxylation is 1. The van der Waals surface area contributed by atoms with Crippen molar-refractivity contribution in [2.75, 3.05) is 26.8 Å². The van der Waals surface area contributed by atoms with Crippen molar-refractivity contribution in [1.82, 2.24) is 9.88 Å². The van der Waals surface area contributed by atoms with Gasteiger partial charge in [-0.2, -0.15) is 0 Å². The number of carbonyl (C=O) groups is 2. The summed E-state index contributed by atoms with van der Waals surface area (Å²) in [4.78, 5) is 29.0. The topological polar surface area (TPSA) is 79.7 Å². The summed E-state index contributed by atoms with van der Waals surface area (Å²) in [5.74, 6) is -1.45. The van der Waals surface area contributed by atoms with Crippen LogP contribution in [0.25, 0.3) is 11.1 Å². The Morgan fingerprint density at radius 2 is 2.00 bits per heavy atom. The average molecular weight is 328 g/mol. The number of aliphatic carboxylic acids is 1. The number of hydrogen-bond donors (Lipinski definition) is 1. The Hall–Kier alpha value is -2.73. The molecule has 6 heteroatoms. The van der Waals surface area contributed by atoms with Crippen molar-refractivity contribution in [1.29, 1.82) is 0 Å². The van der Waals surface area contributed by atoms with Gasteiger partial charge >= 0.3 is 5.97 Å². The van der Waals surface area contributed by atoms with E-state index < -0.39 is 5.97 Å². The second-order valence-electron chi connectivity index (χ2n) is 5.45. The highest BCUT2D eigenvalue weighted by Gasteiger charge is 2.19. The molecular formula is C18H20N2O4. The van der Waals surface area contributed by atoms with Crippen LogP contribution in [0.3, 0.4) is 0 Å². The van der Waals surface area contributed by atoms with Crippen LogP contribution in [0, 0.1) is 6.92 Å². The number of methoxy groups -OCH3 is 1. The molecular weight excluding hydrogens is 308 g/mol. The lowest BCUT2D eigenvalue weighted by Crippen LogP contribution is -2.38. The molecule has 0 atom stereocenters. The molecule has 1 N–H and O–H groups in total. The van der Waals surface area contributed by atoms with E-state index in [4.69, 9.17) is 9.84 Å². The van der Waals surface area contributed by atoms with Crippen molar-refractivity contribution in [3.8, 4) is 11.1 Å². The summed E-state index contributed by atoms with van der Waals surface area (Å²) in [6.45, 7) is 2.09. The van der Waals surface area contributed by atoms with E-state index in [0.717, 1.165) is 16.7 Å². The SMILES string of the molecule is COCCN(CC(=O)O)C(=O)c1cncc(-c2cccc(C)c2)c1. The van der Waals surface area contributed by atoms with E-state index >= 15 is 0 Å². The van der Waals surface area contributed by atoms with Crippen molar-refractivity contribution in [2.24, 2.45) is 0 Å². The molecule has 6 nitrogen and oxygen atoms in total. The number of amides is 1. The van der Waals surface area contributed by atoms with E-state index in [1.807, 2.05) is 31.2 Å². The van der Waals surface area contributed by atoms with Crippen LogP contribution in [-0.2, 0) is 9.53 Å². The Balaban J connectivity index is 2.28. The number of hydrogen-bond acceptors (Lipinski definition) is 4. The lowest BCUT2D eigenvalue weighted by atomic mass is 10.0. The van der Waals surface area contributed by atoms with E-state index in [-0.39, 0.29) is 25.6 Å². The molecule has 0 aliphatic rings. The van der Waals surface area contributed by atoms with Gasteiger partial charge in [0.1, 0.15) is 6.54 Å². The van der Waals surface area contributed by atoms with E-state index in [9.17, 15) is 9.59 Å². The Kier molecular flexibility index (Phi) is 6.03. The van der Waals surface area contributed by atoms with Gasteiger partial charge in [0, 0.05) is 31.6 Å². The molecule has 2 rings (SSSR count). The fraction of sp³-hybridized carbons (Fsp3) is 0.278. The number of aromatic nitrogens is 1. The number of carboxylic acid groups (broad SMARTS) is 1. The van der Waals surface area contributed by atoms with Crippen molar-refractivity contribution < 1.29 is 19.4 Å². The van der Waals surface area contributed by atoms with Gasteiger partial charge in [-0.05, 0) is 18.6 Å². The highest BCUT2D eigenvalue weighted by atomic mass is 16.5. The monoisotopic (exact) mass is 328 g/mol. The summed E-state index contributed by atoms with van der Waals surface area (Å²) in [5.41, 5.74) is 3.23. The quantitative estimate of drug-likeness (QED) is 0.843. The van der Waals surface area contributed by atoms with Gasteiger partial charge < -0.3 is 14.7 Å². The summed E-state index contributed by atoms with van der Waals surface area (Å²) >= 11 is 0. The first-order valence-corrected chi connectivity index (χ1v) is 7.53. The van der Waals surface area contributed by atoms with Gasteiger partial charge in [0.15, 0.2) is 0 Å². The van der Waals surface area contributed by atoms with Crippen LogP contribution >= 0.6 is 0 Å². The lowest BCUT2D eigenvalue weighted by Gasteiger charge is -2.20. The molecule has 1 aromatic carbocycles. The zero-order valence-corrected chi connectivity index (χ0v) is 13.7. The fourth-order valence-electron chi connectivity index (χ4n) is 2.34. The summed E-state index contributed by atoms with van der Waals surface area (Å²) < 4.78 is 4.94. The molecule has 0 aliphatic heterocycles. The Labute approximate surface area is 140 Å². The summed E-state index contributed by atoms with van der Waals surface area (Å²) in [6.07, 6.45) is 3.13. The van der Waals surface area contributed by atoms with E-state index in [2.05, 4.69) is 4.98 Å². The molecule has 1 amide bonds. The van der Waals surface area contributed by atoms with Crippen LogP contribution < -0.4 is 0 Å². The van der Waals surface area contributed by atoms with Crippen LogP contribution in [0.15, 0.2) is 42.7 Å². The maximum Gasteiger partial charge on any atom is 0.323 e. The van der Waals surface area contributed by atoms with Crippen LogP contribution in [0.4, 0.5) is 0 Å². The van der Waals surface area contributed by atoms with Crippen LogP contribution in [-0.4, -0.2) is 53.7 Å². The average Bonchev–Trinajstić information content (AvgIpc) is 2.58. The van der Waals surface area contributed by atoms with E-state index in [0.29, 0.717) is 5.56 Å². The van der Waals surface area contributed by atoms with Crippen molar-refractivity contribution in [2.45, 2.75) is 6.92 Å². The van der Waals surface area contributed by atoms with Crippen LogP contribution in [0.2, 0.25) is 0 Å². The maximum atomic E-state index is 12.6. The third-order valence-corrected chi connectivity index (χ3v) is 3.52. The van der Waals surface area contributed by atoms with Gasteiger partial charge in [-0.15, -0.1) is 0 Å². The molecule has 0 spiro atoms. The highest BCUT2D eigenvalue weighted by molar-refractivity contribution is 5.96. The second-order valence-corrected chi connectivity index (χ2v) is 5.45. The molecule has 126 valence electrons. The predicted octanol–water partition coefficient (Wildman–Crippen LogP) is 2.23. The molecule has 0 fully saturated rings. The fourth-order valence-corrected chi connectivity index (χ4v) is 2.34. The van der Waals surface area contributed by atoms with Gasteiger partial charge in [0.05, 0.1) is 12.2 Å². The first-order chi connectivity index (χ1) is 11.5. The summed E-state index contributed by atoms with van der Waals surface area (Å²) in [6, 6.07) is 9.61. The van der Waals surface area contributed by atoms with Gasteiger partial charge in [-0.1, -0.05) is 29.8 Å². The Morgan fingerprint density at radius 1 is 1.21 bits per heavy atom. The van der Waals surface area contributed by atoms with Gasteiger partial charge in [-0.25, -0.2) is 0 Å². The Morgan fingerprint density at radius 3 is 2.67 bits per heavy atom. The zero-order chi connectivity index (χ0) is 17.5. The van der Waals surface area contributed by atoms with Crippen LogP contribution in [0.1, 0.15) is 15.9 Å². The van der Waals surface area contributed by atoms with Crippen molar-refractivity contribution >= 4 is 11.9 Å². The van der Waals surface area contributed by atoms with Gasteiger partial charge in [0.25, 0.3) is 5.91 Å². The predicted molar refractivity (Wildman–Crippen MR) is 89.8 cm³/mol. The number of carbonyl (C=O) groups excluding carboxylic acids is 1. The molecule has 0 unspecified atom stereocenters. The standard InChI is InChI=1S/C18H20N2O4/c1-13-4-3-5-14(8-13)15-9-16(11-19-10-15)18(23)20(6-7-24-2)12-17(21)22/h3-5,8-11H,6-7,12H2,1-2H3,(H,21,22). The number of pyridine rings is 1.